The van der Waals surface area contributed by atoms with E-state index in [4.69, 9.17) is 4.52 Å². The molecule has 1 aromatic heterocycles. The van der Waals surface area contributed by atoms with Crippen LogP contribution in [0.25, 0.3) is 0 Å². The van der Waals surface area contributed by atoms with Crippen molar-refractivity contribution in [1.82, 2.24) is 10.1 Å². The molecule has 2 aromatic rings. The lowest BCUT2D eigenvalue weighted by molar-refractivity contribution is 0.381. The number of hydrogen-bond acceptors (Lipinski definition) is 4. The van der Waals surface area contributed by atoms with Crippen LogP contribution in [0.4, 0.5) is 0 Å². The molecule has 0 atom stereocenters. The third-order valence-corrected chi connectivity index (χ3v) is 2.03. The molecule has 4 nitrogen and oxygen atoms in total. The summed E-state index contributed by atoms with van der Waals surface area (Å²) in [6, 6.07) is 6.94. The van der Waals surface area contributed by atoms with Crippen molar-refractivity contribution in [3.63, 3.8) is 0 Å². The molecule has 0 aliphatic heterocycles. The molecule has 0 unspecified atom stereocenters. The predicted octanol–water partition coefficient (Wildman–Crippen LogP) is 2.13. The maximum Gasteiger partial charge on any atom is 0.238 e. The van der Waals surface area contributed by atoms with E-state index in [2.05, 4.69) is 26.1 Å². The number of phenolic OH excluding ortho intramolecular Hbond substituents is 1. The van der Waals surface area contributed by atoms with Crippen molar-refractivity contribution in [3.8, 4) is 5.75 Å². The summed E-state index contributed by atoms with van der Waals surface area (Å²) >= 11 is 3.09. The molecule has 1 N–H and O–H groups in total. The van der Waals surface area contributed by atoms with Crippen LogP contribution < -0.4 is 0 Å². The van der Waals surface area contributed by atoms with E-state index >= 15 is 0 Å². The van der Waals surface area contributed by atoms with Crippen molar-refractivity contribution in [2.75, 3.05) is 0 Å². The standard InChI is InChI=1S/C9H7BrN2O2/c10-9-11-8(14-12-9)5-6-2-1-3-7(13)4-6/h1-4,13H,5H2. The van der Waals surface area contributed by atoms with Gasteiger partial charge in [0.1, 0.15) is 5.75 Å². The maximum absolute atomic E-state index is 9.22. The highest BCUT2D eigenvalue weighted by Crippen LogP contribution is 2.14. The summed E-state index contributed by atoms with van der Waals surface area (Å²) in [6.07, 6.45) is 0.521. The van der Waals surface area contributed by atoms with Crippen LogP contribution in [-0.4, -0.2) is 15.2 Å². The molecule has 72 valence electrons. The fourth-order valence-electron chi connectivity index (χ4n) is 1.15. The van der Waals surface area contributed by atoms with Crippen LogP contribution in [0.2, 0.25) is 0 Å². The van der Waals surface area contributed by atoms with Crippen LogP contribution in [0.5, 0.6) is 5.75 Å². The molecule has 5 heteroatoms. The van der Waals surface area contributed by atoms with Crippen LogP contribution in [0, 0.1) is 0 Å². The highest BCUT2D eigenvalue weighted by molar-refractivity contribution is 9.10. The Kier molecular flexibility index (Phi) is 2.49. The van der Waals surface area contributed by atoms with Gasteiger partial charge in [0, 0.05) is 0 Å². The second-order valence-electron chi connectivity index (χ2n) is 2.80. The Hall–Kier alpha value is -1.36. The molecule has 0 aliphatic rings. The topological polar surface area (TPSA) is 59.2 Å². The Balaban J connectivity index is 2.18. The zero-order valence-electron chi connectivity index (χ0n) is 7.14. The van der Waals surface area contributed by atoms with Gasteiger partial charge in [-0.15, -0.1) is 0 Å². The Bertz CT molecular complexity index is 442. The third kappa shape index (κ3) is 2.11. The van der Waals surface area contributed by atoms with Crippen molar-refractivity contribution in [3.05, 3.63) is 40.5 Å². The van der Waals surface area contributed by atoms with Gasteiger partial charge in [0.15, 0.2) is 0 Å². The van der Waals surface area contributed by atoms with Gasteiger partial charge >= 0.3 is 0 Å². The van der Waals surface area contributed by atoms with Gasteiger partial charge in [-0.1, -0.05) is 12.1 Å². The molecule has 1 heterocycles. The first-order valence-electron chi connectivity index (χ1n) is 4.00. The Morgan fingerprint density at radius 2 is 2.29 bits per heavy atom. The second-order valence-corrected chi connectivity index (χ2v) is 3.51. The molecule has 0 radical (unpaired) electrons. The van der Waals surface area contributed by atoms with Gasteiger partial charge in [0.05, 0.1) is 6.42 Å². The van der Waals surface area contributed by atoms with Crippen molar-refractivity contribution in [2.24, 2.45) is 0 Å². The molecule has 0 aliphatic carbocycles. The number of nitrogens with zero attached hydrogens (tertiary/aromatic N) is 2. The molecule has 0 saturated heterocycles. The highest BCUT2D eigenvalue weighted by atomic mass is 79.9. The van der Waals surface area contributed by atoms with Crippen LogP contribution in [0.15, 0.2) is 33.5 Å². The maximum atomic E-state index is 9.22. The Morgan fingerprint density at radius 1 is 1.43 bits per heavy atom. The molecule has 0 bridgehead atoms. The first-order chi connectivity index (χ1) is 6.74. The highest BCUT2D eigenvalue weighted by Gasteiger charge is 2.04. The largest absolute Gasteiger partial charge is 0.508 e. The average Bonchev–Trinajstić information content (AvgIpc) is 2.51. The molecular formula is C9H7BrN2O2. The van der Waals surface area contributed by atoms with E-state index in [9.17, 15) is 5.11 Å². The number of hydrogen-bond donors (Lipinski definition) is 1. The minimum Gasteiger partial charge on any atom is -0.508 e. The molecule has 0 saturated carbocycles. The molecule has 1 aromatic carbocycles. The Morgan fingerprint density at radius 3 is 2.93 bits per heavy atom. The van der Waals surface area contributed by atoms with E-state index in [-0.39, 0.29) is 5.75 Å². The lowest BCUT2D eigenvalue weighted by Crippen LogP contribution is -1.87. The van der Waals surface area contributed by atoms with Gasteiger partial charge in [0.2, 0.25) is 10.6 Å². The lowest BCUT2D eigenvalue weighted by atomic mass is 10.1. The molecule has 0 fully saturated rings. The van der Waals surface area contributed by atoms with E-state index in [0.29, 0.717) is 17.0 Å². The van der Waals surface area contributed by atoms with Crippen molar-refractivity contribution >= 4 is 15.9 Å². The molecule has 0 amide bonds. The zero-order valence-corrected chi connectivity index (χ0v) is 8.73. The van der Waals surface area contributed by atoms with Gasteiger partial charge in [0.25, 0.3) is 0 Å². The van der Waals surface area contributed by atoms with Gasteiger partial charge in [-0.25, -0.2) is 0 Å². The fraction of sp³-hybridized carbons (Fsp3) is 0.111. The number of benzene rings is 1. The molecule has 2 rings (SSSR count). The van der Waals surface area contributed by atoms with E-state index < -0.39 is 0 Å². The zero-order chi connectivity index (χ0) is 9.97. The summed E-state index contributed by atoms with van der Waals surface area (Å²) in [5.41, 5.74) is 0.932. The summed E-state index contributed by atoms with van der Waals surface area (Å²) in [5, 5.41) is 12.8. The summed E-state index contributed by atoms with van der Waals surface area (Å²) in [4.78, 5) is 3.99. The minimum absolute atomic E-state index is 0.237. The van der Waals surface area contributed by atoms with E-state index in [0.717, 1.165) is 5.56 Å². The Labute approximate surface area is 88.7 Å². The number of phenols is 1. The number of rotatable bonds is 2. The van der Waals surface area contributed by atoms with Gasteiger partial charge in [-0.05, 0) is 38.8 Å². The van der Waals surface area contributed by atoms with E-state index in [1.165, 1.54) is 0 Å². The van der Waals surface area contributed by atoms with Crippen molar-refractivity contribution in [1.29, 1.82) is 0 Å². The third-order valence-electron chi connectivity index (χ3n) is 1.71. The summed E-state index contributed by atoms with van der Waals surface area (Å²) < 4.78 is 5.36. The summed E-state index contributed by atoms with van der Waals surface area (Å²) in [7, 11) is 0. The minimum atomic E-state index is 0.237. The van der Waals surface area contributed by atoms with Crippen molar-refractivity contribution in [2.45, 2.75) is 6.42 Å². The number of aromatic nitrogens is 2. The summed E-state index contributed by atoms with van der Waals surface area (Å²) in [6.45, 7) is 0. The van der Waals surface area contributed by atoms with Crippen molar-refractivity contribution < 1.29 is 9.63 Å². The number of halogens is 1. The molecular weight excluding hydrogens is 248 g/mol. The van der Waals surface area contributed by atoms with E-state index in [1.807, 2.05) is 6.07 Å². The normalized spacial score (nSPS) is 10.4. The second kappa shape index (κ2) is 3.79. The first kappa shape index (κ1) is 9.21. The molecule has 14 heavy (non-hydrogen) atoms. The predicted molar refractivity (Wildman–Crippen MR) is 52.9 cm³/mol. The summed E-state index contributed by atoms with van der Waals surface area (Å²) in [5.74, 6) is 0.753. The van der Waals surface area contributed by atoms with Crippen LogP contribution in [-0.2, 0) is 6.42 Å². The smallest absolute Gasteiger partial charge is 0.238 e. The van der Waals surface area contributed by atoms with Gasteiger partial charge in [-0.3, -0.25) is 0 Å². The molecule has 0 spiro atoms. The lowest BCUT2D eigenvalue weighted by Gasteiger charge is -1.96. The number of aromatic hydroxyl groups is 1. The monoisotopic (exact) mass is 254 g/mol. The van der Waals surface area contributed by atoms with Crippen LogP contribution in [0.3, 0.4) is 0 Å². The van der Waals surface area contributed by atoms with Gasteiger partial charge in [-0.2, -0.15) is 4.98 Å². The average molecular weight is 255 g/mol. The first-order valence-corrected chi connectivity index (χ1v) is 4.79. The SMILES string of the molecule is Oc1cccc(Cc2nc(Br)no2)c1. The van der Waals surface area contributed by atoms with Crippen LogP contribution in [0.1, 0.15) is 11.5 Å². The van der Waals surface area contributed by atoms with E-state index in [1.54, 1.807) is 18.2 Å². The fourth-order valence-corrected chi connectivity index (χ4v) is 1.42. The van der Waals surface area contributed by atoms with Gasteiger partial charge < -0.3 is 9.63 Å². The quantitative estimate of drug-likeness (QED) is 0.892. The van der Waals surface area contributed by atoms with Crippen LogP contribution >= 0.6 is 15.9 Å².